The van der Waals surface area contributed by atoms with E-state index >= 15 is 0 Å². The molecule has 0 heterocycles. The van der Waals surface area contributed by atoms with Gasteiger partial charge in [-0.15, -0.1) is 0 Å². The van der Waals surface area contributed by atoms with Crippen LogP contribution in [0.4, 0.5) is 0 Å². The first kappa shape index (κ1) is 24.4. The summed E-state index contributed by atoms with van der Waals surface area (Å²) in [6.07, 6.45) is 2.08. The van der Waals surface area contributed by atoms with Gasteiger partial charge in [0.2, 0.25) is 6.61 Å². The van der Waals surface area contributed by atoms with Crippen molar-refractivity contribution in [3.8, 4) is 17.2 Å². The van der Waals surface area contributed by atoms with Gasteiger partial charge in [0.25, 0.3) is 0 Å². The normalized spacial score (nSPS) is 10.8. The molecule has 6 nitrogen and oxygen atoms in total. The topological polar surface area (TPSA) is 66.4 Å². The largest absolute Gasteiger partial charge is 0.496 e. The van der Waals surface area contributed by atoms with E-state index in [0.717, 1.165) is 16.9 Å². The Balaban J connectivity index is 1.74. The lowest BCUT2D eigenvalue weighted by Gasteiger charge is -2.14. The second kappa shape index (κ2) is 12.1. The molecule has 172 valence electrons. The molecule has 0 spiro atoms. The van der Waals surface area contributed by atoms with Gasteiger partial charge in [0.1, 0.15) is 11.5 Å². The van der Waals surface area contributed by atoms with Crippen LogP contribution in [0.25, 0.3) is 0 Å². The van der Waals surface area contributed by atoms with Crippen LogP contribution in [-0.2, 0) is 20.8 Å². The van der Waals surface area contributed by atoms with Gasteiger partial charge in [-0.25, -0.2) is 4.79 Å². The number of halogens is 2. The van der Waals surface area contributed by atoms with Gasteiger partial charge in [0.05, 0.1) is 30.0 Å². The van der Waals surface area contributed by atoms with E-state index in [0.29, 0.717) is 33.5 Å². The minimum atomic E-state index is -0.499. The number of methoxy groups -OCH3 is 1. The fourth-order valence-corrected chi connectivity index (χ4v) is 3.61. The number of esters is 1. The highest BCUT2D eigenvalue weighted by Gasteiger charge is 2.13. The molecule has 0 aliphatic carbocycles. The van der Waals surface area contributed by atoms with Crippen molar-refractivity contribution >= 4 is 35.4 Å². The Hall–Kier alpha value is -3.22. The highest BCUT2D eigenvalue weighted by molar-refractivity contribution is 6.37. The summed E-state index contributed by atoms with van der Waals surface area (Å²) < 4.78 is 16.3. The summed E-state index contributed by atoms with van der Waals surface area (Å²) in [6, 6.07) is 18.9. The van der Waals surface area contributed by atoms with Crippen molar-refractivity contribution in [1.82, 2.24) is 0 Å². The molecule has 0 N–H and O–H groups in total. The molecule has 0 bridgehead atoms. The Morgan fingerprint density at radius 3 is 2.42 bits per heavy atom. The zero-order chi connectivity index (χ0) is 23.6. The average Bonchev–Trinajstić information content (AvgIpc) is 2.80. The molecule has 3 rings (SSSR count). The Morgan fingerprint density at radius 2 is 1.76 bits per heavy atom. The maximum Gasteiger partial charge on any atom is 0.347 e. The molecule has 0 aromatic heterocycles. The molecule has 0 aliphatic heterocycles. The first-order valence-electron chi connectivity index (χ1n) is 10.2. The van der Waals surface area contributed by atoms with E-state index in [1.54, 1.807) is 32.2 Å². The molecular weight excluding hydrogens is 465 g/mol. The SMILES string of the molecule is CCOC(=O)CO/N=C/c1cc(Cl)c(Oc2ccc(OC)c(Cc3ccccc3)c2)c(Cl)c1. The lowest BCUT2D eigenvalue weighted by atomic mass is 10.0. The van der Waals surface area contributed by atoms with Gasteiger partial charge in [-0.05, 0) is 48.4 Å². The third kappa shape index (κ3) is 7.14. The standard InChI is InChI=1S/C25H23Cl2NO5/c1-3-31-24(29)16-32-28-15-18-12-21(26)25(22(27)13-18)33-20-9-10-23(30-2)19(14-20)11-17-7-5-4-6-8-17/h4-10,12-15H,3,11,16H2,1-2H3/b28-15+. The van der Waals surface area contributed by atoms with Crippen LogP contribution < -0.4 is 9.47 Å². The smallest absolute Gasteiger partial charge is 0.347 e. The molecule has 0 radical (unpaired) electrons. The lowest BCUT2D eigenvalue weighted by molar-refractivity contribution is -0.148. The van der Waals surface area contributed by atoms with Gasteiger partial charge in [-0.2, -0.15) is 0 Å². The zero-order valence-electron chi connectivity index (χ0n) is 18.2. The molecule has 0 atom stereocenters. The summed E-state index contributed by atoms with van der Waals surface area (Å²) in [7, 11) is 1.63. The zero-order valence-corrected chi connectivity index (χ0v) is 19.7. The van der Waals surface area contributed by atoms with E-state index in [4.69, 9.17) is 42.3 Å². The van der Waals surface area contributed by atoms with E-state index in [1.807, 2.05) is 30.3 Å². The summed E-state index contributed by atoms with van der Waals surface area (Å²) in [6.45, 7) is 1.71. The van der Waals surface area contributed by atoms with Crippen LogP contribution in [0, 0.1) is 0 Å². The lowest BCUT2D eigenvalue weighted by Crippen LogP contribution is -2.10. The molecule has 0 saturated heterocycles. The maximum absolute atomic E-state index is 11.3. The highest BCUT2D eigenvalue weighted by atomic mass is 35.5. The third-order valence-corrected chi connectivity index (χ3v) is 5.06. The van der Waals surface area contributed by atoms with E-state index < -0.39 is 5.97 Å². The monoisotopic (exact) mass is 487 g/mol. The number of benzene rings is 3. The van der Waals surface area contributed by atoms with Crippen LogP contribution >= 0.6 is 23.2 Å². The van der Waals surface area contributed by atoms with Gasteiger partial charge in [0, 0.05) is 12.0 Å². The first-order chi connectivity index (χ1) is 16.0. The molecule has 0 amide bonds. The van der Waals surface area contributed by atoms with Crippen LogP contribution in [0.1, 0.15) is 23.6 Å². The number of oxime groups is 1. The Kier molecular flexibility index (Phi) is 8.98. The van der Waals surface area contributed by atoms with Crippen LogP contribution in [0.5, 0.6) is 17.2 Å². The Bertz CT molecular complexity index is 1100. The van der Waals surface area contributed by atoms with Crippen molar-refractivity contribution in [2.24, 2.45) is 5.16 Å². The second-order valence-corrected chi connectivity index (χ2v) is 7.68. The van der Waals surface area contributed by atoms with E-state index in [-0.39, 0.29) is 13.2 Å². The van der Waals surface area contributed by atoms with E-state index in [1.165, 1.54) is 6.21 Å². The summed E-state index contributed by atoms with van der Waals surface area (Å²) in [4.78, 5) is 16.2. The van der Waals surface area contributed by atoms with Crippen molar-refractivity contribution in [2.45, 2.75) is 13.3 Å². The minimum Gasteiger partial charge on any atom is -0.496 e. The van der Waals surface area contributed by atoms with E-state index in [2.05, 4.69) is 17.3 Å². The number of hydrogen-bond acceptors (Lipinski definition) is 6. The number of hydrogen-bond donors (Lipinski definition) is 0. The van der Waals surface area contributed by atoms with Crippen molar-refractivity contribution in [3.63, 3.8) is 0 Å². The number of ether oxygens (including phenoxy) is 3. The summed E-state index contributed by atoms with van der Waals surface area (Å²) in [5.74, 6) is 1.15. The molecule has 3 aromatic rings. The summed E-state index contributed by atoms with van der Waals surface area (Å²) in [5.41, 5.74) is 2.70. The van der Waals surface area contributed by atoms with Gasteiger partial charge < -0.3 is 19.0 Å². The van der Waals surface area contributed by atoms with Crippen molar-refractivity contribution in [2.75, 3.05) is 20.3 Å². The van der Waals surface area contributed by atoms with Crippen molar-refractivity contribution in [1.29, 1.82) is 0 Å². The second-order valence-electron chi connectivity index (χ2n) is 6.86. The Morgan fingerprint density at radius 1 is 1.03 bits per heavy atom. The number of rotatable bonds is 10. The number of carbonyl (C=O) groups is 1. The molecule has 33 heavy (non-hydrogen) atoms. The number of carbonyl (C=O) groups excluding carboxylic acids is 1. The first-order valence-corrected chi connectivity index (χ1v) is 10.9. The fraction of sp³-hybridized carbons (Fsp3) is 0.200. The van der Waals surface area contributed by atoms with Crippen molar-refractivity contribution in [3.05, 3.63) is 87.4 Å². The molecule has 8 heteroatoms. The summed E-state index contributed by atoms with van der Waals surface area (Å²) >= 11 is 12.8. The molecule has 0 saturated carbocycles. The van der Waals surface area contributed by atoms with Gasteiger partial charge in [-0.3, -0.25) is 0 Å². The molecule has 0 aliphatic rings. The van der Waals surface area contributed by atoms with Crippen molar-refractivity contribution < 1.29 is 23.8 Å². The van der Waals surface area contributed by atoms with E-state index in [9.17, 15) is 4.79 Å². The van der Waals surface area contributed by atoms with Gasteiger partial charge in [-0.1, -0.05) is 58.7 Å². The minimum absolute atomic E-state index is 0.278. The van der Waals surface area contributed by atoms with Crippen LogP contribution in [0.15, 0.2) is 65.8 Å². The molecule has 3 aromatic carbocycles. The predicted octanol–water partition coefficient (Wildman–Crippen LogP) is 6.30. The van der Waals surface area contributed by atoms with Crippen LogP contribution in [-0.4, -0.2) is 32.5 Å². The maximum atomic E-state index is 11.3. The highest BCUT2D eigenvalue weighted by Crippen LogP contribution is 2.38. The van der Waals surface area contributed by atoms with Crippen LogP contribution in [0.3, 0.4) is 0 Å². The molecule has 0 unspecified atom stereocenters. The number of nitrogens with zero attached hydrogens (tertiary/aromatic N) is 1. The van der Waals surface area contributed by atoms with Gasteiger partial charge in [0.15, 0.2) is 5.75 Å². The third-order valence-electron chi connectivity index (χ3n) is 4.49. The predicted molar refractivity (Wildman–Crippen MR) is 129 cm³/mol. The van der Waals surface area contributed by atoms with Gasteiger partial charge >= 0.3 is 5.97 Å². The molecule has 0 fully saturated rings. The van der Waals surface area contributed by atoms with Crippen LogP contribution in [0.2, 0.25) is 10.0 Å². The molecular formula is C25H23Cl2NO5. The fourth-order valence-electron chi connectivity index (χ4n) is 3.03. The quantitative estimate of drug-likeness (QED) is 0.190. The Labute approximate surface area is 202 Å². The summed E-state index contributed by atoms with van der Waals surface area (Å²) in [5, 5.41) is 4.33. The average molecular weight is 488 g/mol.